The lowest BCUT2D eigenvalue weighted by molar-refractivity contribution is -0.149. The number of sulfonamides is 1. The van der Waals surface area contributed by atoms with Gasteiger partial charge >= 0.3 is 11.9 Å². The van der Waals surface area contributed by atoms with Crippen molar-refractivity contribution < 1.29 is 27.5 Å². The SMILES string of the molecule is COC(=O)[C@@H](C)OC(=O)c1ccc(NS(=O)(=O)/C=C/c2ccccc2)cc1. The minimum Gasteiger partial charge on any atom is -0.466 e. The maximum Gasteiger partial charge on any atom is 0.346 e. The lowest BCUT2D eigenvalue weighted by Crippen LogP contribution is -2.25. The molecule has 0 spiro atoms. The van der Waals surface area contributed by atoms with Crippen LogP contribution in [-0.4, -0.2) is 33.6 Å². The molecule has 0 aromatic heterocycles. The van der Waals surface area contributed by atoms with E-state index in [0.29, 0.717) is 0 Å². The van der Waals surface area contributed by atoms with Gasteiger partial charge in [0.25, 0.3) is 10.0 Å². The van der Waals surface area contributed by atoms with Crippen LogP contribution < -0.4 is 4.72 Å². The molecule has 0 heterocycles. The number of hydrogen-bond donors (Lipinski definition) is 1. The molecule has 2 aromatic carbocycles. The van der Waals surface area contributed by atoms with Gasteiger partial charge in [0.2, 0.25) is 0 Å². The van der Waals surface area contributed by atoms with Crippen LogP contribution in [0.2, 0.25) is 0 Å². The summed E-state index contributed by atoms with van der Waals surface area (Å²) < 4.78 is 36.0. The molecule has 0 aliphatic carbocycles. The number of carbonyl (C=O) groups is 2. The van der Waals surface area contributed by atoms with Crippen LogP contribution in [0.3, 0.4) is 0 Å². The second-order valence-electron chi connectivity index (χ2n) is 5.51. The number of methoxy groups -OCH3 is 1. The van der Waals surface area contributed by atoms with Crippen LogP contribution in [0.15, 0.2) is 60.0 Å². The van der Waals surface area contributed by atoms with E-state index in [0.717, 1.165) is 11.0 Å². The third-order valence-corrected chi connectivity index (χ3v) is 4.45. The number of anilines is 1. The lowest BCUT2D eigenvalue weighted by Gasteiger charge is -2.11. The molecule has 0 amide bonds. The highest BCUT2D eigenvalue weighted by Gasteiger charge is 2.19. The molecule has 7 nitrogen and oxygen atoms in total. The molecule has 1 N–H and O–H groups in total. The fourth-order valence-corrected chi connectivity index (χ4v) is 2.92. The van der Waals surface area contributed by atoms with E-state index in [2.05, 4.69) is 9.46 Å². The maximum absolute atomic E-state index is 12.1. The minimum atomic E-state index is -3.71. The van der Waals surface area contributed by atoms with Gasteiger partial charge < -0.3 is 9.47 Å². The first-order valence-electron chi connectivity index (χ1n) is 7.95. The Balaban J connectivity index is 2.01. The van der Waals surface area contributed by atoms with Crippen LogP contribution in [0.25, 0.3) is 6.08 Å². The predicted octanol–water partition coefficient (Wildman–Crippen LogP) is 2.82. The van der Waals surface area contributed by atoms with Crippen molar-refractivity contribution in [3.8, 4) is 0 Å². The molecule has 0 unspecified atom stereocenters. The summed E-state index contributed by atoms with van der Waals surface area (Å²) in [6, 6.07) is 14.6. The monoisotopic (exact) mass is 389 g/mol. The van der Waals surface area contributed by atoms with Gasteiger partial charge in [-0.15, -0.1) is 0 Å². The third kappa shape index (κ3) is 6.27. The first-order valence-corrected chi connectivity index (χ1v) is 9.50. The van der Waals surface area contributed by atoms with Crippen molar-refractivity contribution in [1.29, 1.82) is 0 Å². The predicted molar refractivity (Wildman–Crippen MR) is 101 cm³/mol. The molecule has 2 rings (SSSR count). The Morgan fingerprint density at radius 2 is 1.67 bits per heavy atom. The quantitative estimate of drug-likeness (QED) is 0.731. The second kappa shape index (κ2) is 9.00. The smallest absolute Gasteiger partial charge is 0.346 e. The number of esters is 2. The molecule has 0 fully saturated rings. The van der Waals surface area contributed by atoms with Crippen molar-refractivity contribution in [1.82, 2.24) is 0 Å². The van der Waals surface area contributed by atoms with E-state index in [4.69, 9.17) is 4.74 Å². The number of hydrogen-bond acceptors (Lipinski definition) is 6. The Labute approximate surface area is 157 Å². The van der Waals surface area contributed by atoms with Crippen LogP contribution in [0.1, 0.15) is 22.8 Å². The molecule has 0 saturated carbocycles. The molecule has 0 bridgehead atoms. The van der Waals surface area contributed by atoms with Crippen LogP contribution >= 0.6 is 0 Å². The fraction of sp³-hybridized carbons (Fsp3) is 0.158. The molecular formula is C19H19NO6S. The molecule has 0 saturated heterocycles. The molecule has 8 heteroatoms. The number of ether oxygens (including phenoxy) is 2. The van der Waals surface area contributed by atoms with Crippen LogP contribution in [0.4, 0.5) is 5.69 Å². The topological polar surface area (TPSA) is 98.8 Å². The van der Waals surface area contributed by atoms with Crippen molar-refractivity contribution in [3.63, 3.8) is 0 Å². The Morgan fingerprint density at radius 3 is 2.26 bits per heavy atom. The molecule has 27 heavy (non-hydrogen) atoms. The number of rotatable bonds is 7. The van der Waals surface area contributed by atoms with Gasteiger partial charge in [0.05, 0.1) is 18.1 Å². The molecule has 2 aromatic rings. The van der Waals surface area contributed by atoms with Gasteiger partial charge in [-0.3, -0.25) is 4.72 Å². The molecule has 0 aliphatic rings. The summed E-state index contributed by atoms with van der Waals surface area (Å²) >= 11 is 0. The molecule has 1 atom stereocenters. The second-order valence-corrected chi connectivity index (χ2v) is 7.07. The summed E-state index contributed by atoms with van der Waals surface area (Å²) in [5, 5.41) is 1.06. The first kappa shape index (κ1) is 20.2. The van der Waals surface area contributed by atoms with E-state index in [1.165, 1.54) is 44.4 Å². The zero-order chi connectivity index (χ0) is 19.9. The third-order valence-electron chi connectivity index (χ3n) is 3.44. The zero-order valence-corrected chi connectivity index (χ0v) is 15.6. The highest BCUT2D eigenvalue weighted by Crippen LogP contribution is 2.14. The van der Waals surface area contributed by atoms with Gasteiger partial charge in [0, 0.05) is 5.69 Å². The van der Waals surface area contributed by atoms with E-state index < -0.39 is 28.1 Å². The van der Waals surface area contributed by atoms with Gasteiger partial charge in [0.1, 0.15) is 0 Å². The Hall–Kier alpha value is -3.13. The summed E-state index contributed by atoms with van der Waals surface area (Å²) in [6.07, 6.45) is 0.436. The van der Waals surface area contributed by atoms with Crippen LogP contribution in [0.5, 0.6) is 0 Å². The Kier molecular flexibility index (Phi) is 6.73. The summed E-state index contributed by atoms with van der Waals surface area (Å²) in [7, 11) is -2.51. The van der Waals surface area contributed by atoms with Crippen molar-refractivity contribution in [2.45, 2.75) is 13.0 Å². The highest BCUT2D eigenvalue weighted by molar-refractivity contribution is 7.95. The maximum atomic E-state index is 12.1. The largest absolute Gasteiger partial charge is 0.466 e. The number of carbonyl (C=O) groups excluding carboxylic acids is 2. The number of benzene rings is 2. The van der Waals surface area contributed by atoms with Gasteiger partial charge in [-0.2, -0.15) is 0 Å². The zero-order valence-electron chi connectivity index (χ0n) is 14.8. The molecular weight excluding hydrogens is 370 g/mol. The van der Waals surface area contributed by atoms with Gasteiger partial charge in [0.15, 0.2) is 6.10 Å². The van der Waals surface area contributed by atoms with E-state index >= 15 is 0 Å². The summed E-state index contributed by atoms with van der Waals surface area (Å²) in [4.78, 5) is 23.2. The van der Waals surface area contributed by atoms with E-state index in [-0.39, 0.29) is 11.3 Å². The Bertz CT molecular complexity index is 920. The van der Waals surface area contributed by atoms with Crippen LogP contribution in [-0.2, 0) is 24.3 Å². The summed E-state index contributed by atoms with van der Waals surface area (Å²) in [5.41, 5.74) is 1.21. The highest BCUT2D eigenvalue weighted by atomic mass is 32.2. The molecule has 142 valence electrons. The van der Waals surface area contributed by atoms with Crippen molar-refractivity contribution in [2.24, 2.45) is 0 Å². The average Bonchev–Trinajstić information content (AvgIpc) is 2.66. The standard InChI is InChI=1S/C19H19NO6S/c1-14(18(21)25-2)26-19(22)16-8-10-17(11-9-16)20-27(23,24)13-12-15-6-4-3-5-7-15/h3-14,20H,1-2H3/b13-12+/t14-/m1/s1. The number of nitrogens with one attached hydrogen (secondary N) is 1. The van der Waals surface area contributed by atoms with Gasteiger partial charge in [-0.1, -0.05) is 30.3 Å². The minimum absolute atomic E-state index is 0.175. The van der Waals surface area contributed by atoms with Crippen LogP contribution in [0, 0.1) is 0 Å². The first-order chi connectivity index (χ1) is 12.8. The lowest BCUT2D eigenvalue weighted by atomic mass is 10.2. The van der Waals surface area contributed by atoms with E-state index in [1.807, 2.05) is 6.07 Å². The van der Waals surface area contributed by atoms with Crippen molar-refractivity contribution in [3.05, 3.63) is 71.1 Å². The molecule has 0 aliphatic heterocycles. The van der Waals surface area contributed by atoms with E-state index in [1.54, 1.807) is 24.3 Å². The average molecular weight is 389 g/mol. The summed E-state index contributed by atoms with van der Waals surface area (Å²) in [6.45, 7) is 1.39. The van der Waals surface area contributed by atoms with Gasteiger partial charge in [-0.25, -0.2) is 18.0 Å². The van der Waals surface area contributed by atoms with E-state index in [9.17, 15) is 18.0 Å². The van der Waals surface area contributed by atoms with Crippen molar-refractivity contribution >= 4 is 33.7 Å². The normalized spacial score (nSPS) is 12.4. The Morgan fingerprint density at radius 1 is 1.04 bits per heavy atom. The molecule has 0 radical (unpaired) electrons. The fourth-order valence-electron chi connectivity index (χ4n) is 2.05. The van der Waals surface area contributed by atoms with Gasteiger partial charge in [-0.05, 0) is 42.8 Å². The summed E-state index contributed by atoms with van der Waals surface area (Å²) in [5.74, 6) is -1.38. The van der Waals surface area contributed by atoms with Crippen molar-refractivity contribution in [2.75, 3.05) is 11.8 Å².